The van der Waals surface area contributed by atoms with Gasteiger partial charge in [0.2, 0.25) is 0 Å². The minimum Gasteiger partial charge on any atom is -0.432 e. The van der Waals surface area contributed by atoms with Crippen molar-refractivity contribution in [3.63, 3.8) is 0 Å². The van der Waals surface area contributed by atoms with Gasteiger partial charge < -0.3 is 19.5 Å². The number of non-ortho nitro benzene ring substituents is 1. The molecule has 1 saturated heterocycles. The molecule has 2 N–H and O–H groups in total. The Morgan fingerprint density at radius 1 is 0.948 bits per heavy atom. The number of nitro benzene ring substituents is 1. The Labute approximate surface area is 335 Å². The number of aromatic nitrogens is 3. The highest BCUT2D eigenvalue weighted by atomic mass is 28.4. The molecule has 294 valence electrons. The maximum absolute atomic E-state index is 15.0. The smallest absolute Gasteiger partial charge is 0.269 e. The lowest BCUT2D eigenvalue weighted by atomic mass is 9.82. The number of anilines is 3. The van der Waals surface area contributed by atoms with Crippen LogP contribution in [0.15, 0.2) is 115 Å². The molecule has 1 unspecified atom stereocenters. The number of carbonyl (C=O) groups excluding carboxylic acids is 2. The zero-order valence-electron chi connectivity index (χ0n) is 32.2. The number of aliphatic hydroxyl groups excluding tert-OH is 1. The van der Waals surface area contributed by atoms with E-state index in [0.717, 1.165) is 27.6 Å². The van der Waals surface area contributed by atoms with E-state index in [1.54, 1.807) is 26.7 Å². The molecule has 0 radical (unpaired) electrons. The number of hydrogen-bond donors (Lipinski definition) is 2. The van der Waals surface area contributed by atoms with Crippen LogP contribution in [0.3, 0.4) is 0 Å². The summed E-state index contributed by atoms with van der Waals surface area (Å²) in [7, 11) is -3.03. The number of nitro groups is 1. The Balaban J connectivity index is 1.01. The second kappa shape index (κ2) is 14.1. The van der Waals surface area contributed by atoms with Gasteiger partial charge in [0.05, 0.1) is 52.7 Å². The molecule has 9 rings (SSSR count). The summed E-state index contributed by atoms with van der Waals surface area (Å²) in [5, 5.41) is 32.9. The van der Waals surface area contributed by atoms with E-state index in [2.05, 4.69) is 10.3 Å². The van der Waals surface area contributed by atoms with E-state index < -0.39 is 36.4 Å². The van der Waals surface area contributed by atoms with Gasteiger partial charge in [0.1, 0.15) is 0 Å². The average molecular weight is 795 g/mol. The van der Waals surface area contributed by atoms with Crippen molar-refractivity contribution < 1.29 is 29.2 Å². The molecular formula is C44H42N6O7Si. The number of aliphatic hydroxyl groups is 1. The molecular weight excluding hydrogens is 753 g/mol. The van der Waals surface area contributed by atoms with E-state index in [1.807, 2.05) is 111 Å². The Bertz CT molecular complexity index is 2590. The van der Waals surface area contributed by atoms with Gasteiger partial charge in [0, 0.05) is 53.0 Å². The van der Waals surface area contributed by atoms with Gasteiger partial charge >= 0.3 is 0 Å². The van der Waals surface area contributed by atoms with Gasteiger partial charge in [-0.05, 0) is 66.4 Å². The van der Waals surface area contributed by atoms with Crippen molar-refractivity contribution in [3.8, 4) is 0 Å². The third-order valence-corrected chi connectivity index (χ3v) is 14.7. The summed E-state index contributed by atoms with van der Waals surface area (Å²) in [6.45, 7) is 5.94. The maximum Gasteiger partial charge on any atom is 0.269 e. The minimum atomic E-state index is -3.03. The first kappa shape index (κ1) is 37.5. The largest absolute Gasteiger partial charge is 0.432 e. The first-order valence-corrected chi connectivity index (χ1v) is 22.4. The van der Waals surface area contributed by atoms with Crippen molar-refractivity contribution in [2.75, 3.05) is 16.4 Å². The Morgan fingerprint density at radius 3 is 2.40 bits per heavy atom. The number of amides is 2. The number of nitrogens with zero attached hydrogens (tertiary/aromatic N) is 6. The van der Waals surface area contributed by atoms with Crippen LogP contribution in [-0.4, -0.2) is 62.7 Å². The number of aryl methyl sites for hydroxylation is 1. The topological polar surface area (TPSA) is 164 Å². The Kier molecular flexibility index (Phi) is 9.11. The highest BCUT2D eigenvalue weighted by Crippen LogP contribution is 2.60. The molecule has 58 heavy (non-hydrogen) atoms. The van der Waals surface area contributed by atoms with Gasteiger partial charge in [-0.25, -0.2) is 0 Å². The third-order valence-electron chi connectivity index (χ3n) is 12.2. The van der Waals surface area contributed by atoms with Gasteiger partial charge in [0.15, 0.2) is 13.9 Å². The van der Waals surface area contributed by atoms with Crippen LogP contribution in [0.25, 0.3) is 10.8 Å². The molecule has 3 aliphatic heterocycles. The van der Waals surface area contributed by atoms with Crippen molar-refractivity contribution in [1.82, 2.24) is 15.0 Å². The number of rotatable bonds is 11. The monoisotopic (exact) mass is 794 g/mol. The first-order valence-electron chi connectivity index (χ1n) is 19.4. The molecule has 1 aromatic heterocycles. The number of hydrogen-bond acceptors (Lipinski definition) is 9. The van der Waals surface area contributed by atoms with Crippen molar-refractivity contribution in [2.24, 2.45) is 5.92 Å². The SMILES string of the molecule is C[C@H]1[C@H]([Si](C)(C)O)[C@@H](CCn2cc(C(CO)c3ccccc3)nn2)O[C@]12C(=O)N(Cc1ccc(N3C(=O)c4cccc5cccc3c45)cc1)c1ccc([N+](=O)[O-])cc12. The quantitative estimate of drug-likeness (QED) is 0.0785. The van der Waals surface area contributed by atoms with Crippen LogP contribution in [0.5, 0.6) is 0 Å². The van der Waals surface area contributed by atoms with Gasteiger partial charge in [-0.3, -0.25) is 29.3 Å². The molecule has 0 saturated carbocycles. The number of carbonyl (C=O) groups is 2. The summed E-state index contributed by atoms with van der Waals surface area (Å²) in [6.07, 6.45) is 1.60. The normalized spacial score (nSPS) is 21.7. The fourth-order valence-electron chi connectivity index (χ4n) is 9.61. The summed E-state index contributed by atoms with van der Waals surface area (Å²) in [5.41, 5.74) is 3.24. The minimum absolute atomic E-state index is 0.107. The molecule has 2 amide bonds. The van der Waals surface area contributed by atoms with Gasteiger partial charge in [0.25, 0.3) is 17.5 Å². The lowest BCUT2D eigenvalue weighted by molar-refractivity contribution is -0.385. The highest BCUT2D eigenvalue weighted by molar-refractivity contribution is 6.71. The van der Waals surface area contributed by atoms with E-state index in [4.69, 9.17) is 4.74 Å². The van der Waals surface area contributed by atoms with E-state index in [1.165, 1.54) is 12.1 Å². The first-order chi connectivity index (χ1) is 27.9. The molecule has 1 fully saturated rings. The van der Waals surface area contributed by atoms with Crippen LogP contribution in [-0.2, 0) is 28.2 Å². The standard InChI is InChI=1S/C44H42N6O7Si/c1-27-41(58(2,3)56)39(21-22-47-25-36(45-46-47)34(26-51)29-9-5-4-6-10-29)57-44(27)35-23-32(50(54)55)19-20-37(35)48(43(44)53)24-28-15-17-31(18-16-28)49-38-14-8-12-30-11-7-13-33(40(30)38)42(49)52/h4-20,23,25,27,34,39,41,51,56H,21-22,24,26H2,1-3H3/t27-,34?,39+,41-,44+/m0/s1. The summed E-state index contributed by atoms with van der Waals surface area (Å²) < 4.78 is 8.62. The lowest BCUT2D eigenvalue weighted by Gasteiger charge is -2.32. The molecule has 0 aliphatic carbocycles. The molecule has 3 aliphatic rings. The van der Waals surface area contributed by atoms with E-state index >= 15 is 4.79 Å². The summed E-state index contributed by atoms with van der Waals surface area (Å²) >= 11 is 0. The maximum atomic E-state index is 15.0. The number of fused-ring (bicyclic) bond motifs is 2. The van der Waals surface area contributed by atoms with Gasteiger partial charge in [-0.1, -0.05) is 78.9 Å². The molecule has 4 heterocycles. The van der Waals surface area contributed by atoms with Crippen molar-refractivity contribution >= 4 is 53.7 Å². The molecule has 13 nitrogen and oxygen atoms in total. The van der Waals surface area contributed by atoms with Crippen LogP contribution >= 0.6 is 0 Å². The molecule has 14 heteroatoms. The fourth-order valence-corrected chi connectivity index (χ4v) is 12.2. The zero-order chi connectivity index (χ0) is 40.5. The van der Waals surface area contributed by atoms with Crippen LogP contribution in [0.2, 0.25) is 18.6 Å². The Morgan fingerprint density at radius 2 is 1.69 bits per heavy atom. The number of benzene rings is 5. The fraction of sp³-hybridized carbons (Fsp3) is 0.273. The second-order valence-electron chi connectivity index (χ2n) is 16.0. The van der Waals surface area contributed by atoms with E-state index in [9.17, 15) is 24.8 Å². The predicted octanol–water partition coefficient (Wildman–Crippen LogP) is 7.19. The summed E-state index contributed by atoms with van der Waals surface area (Å²) in [5.74, 6) is -1.33. The lowest BCUT2D eigenvalue weighted by Crippen LogP contribution is -2.46. The average Bonchev–Trinajstić information content (AvgIpc) is 3.94. The molecule has 5 atom stereocenters. The molecule has 0 bridgehead atoms. The summed E-state index contributed by atoms with van der Waals surface area (Å²) in [4.78, 5) is 55.4. The van der Waals surface area contributed by atoms with Crippen LogP contribution < -0.4 is 9.80 Å². The highest BCUT2D eigenvalue weighted by Gasteiger charge is 2.66. The number of ether oxygens (including phenoxy) is 1. The molecule has 1 spiro atoms. The van der Waals surface area contributed by atoms with Crippen molar-refractivity contribution in [1.29, 1.82) is 0 Å². The van der Waals surface area contributed by atoms with Gasteiger partial charge in [-0.15, -0.1) is 5.10 Å². The van der Waals surface area contributed by atoms with Crippen LogP contribution in [0, 0.1) is 16.0 Å². The van der Waals surface area contributed by atoms with Crippen LogP contribution in [0.4, 0.5) is 22.7 Å². The van der Waals surface area contributed by atoms with E-state index in [-0.39, 0.29) is 36.6 Å². The van der Waals surface area contributed by atoms with E-state index in [0.29, 0.717) is 41.2 Å². The zero-order valence-corrected chi connectivity index (χ0v) is 33.2. The predicted molar refractivity (Wildman–Crippen MR) is 220 cm³/mol. The second-order valence-corrected chi connectivity index (χ2v) is 20.0. The van der Waals surface area contributed by atoms with Gasteiger partial charge in [-0.2, -0.15) is 0 Å². The Hall–Kier alpha value is -6.06. The van der Waals surface area contributed by atoms with Crippen molar-refractivity contribution in [2.45, 2.75) is 62.7 Å². The van der Waals surface area contributed by atoms with Crippen molar-refractivity contribution in [3.05, 3.63) is 153 Å². The molecule has 6 aromatic rings. The van der Waals surface area contributed by atoms with Crippen LogP contribution in [0.1, 0.15) is 52.0 Å². The molecule has 5 aromatic carbocycles. The third kappa shape index (κ3) is 5.94. The summed E-state index contributed by atoms with van der Waals surface area (Å²) in [6, 6.07) is 33.1.